The van der Waals surface area contributed by atoms with Crippen LogP contribution in [0.5, 0.6) is 0 Å². The summed E-state index contributed by atoms with van der Waals surface area (Å²) < 4.78 is 40.7. The Morgan fingerprint density at radius 3 is 2.34 bits per heavy atom. The topological polar surface area (TPSA) is 69.7 Å². The zero-order valence-corrected chi connectivity index (χ0v) is 17.9. The van der Waals surface area contributed by atoms with Gasteiger partial charge in [0, 0.05) is 38.9 Å². The zero-order valence-electron chi connectivity index (χ0n) is 17.1. The molecule has 0 aliphatic heterocycles. The summed E-state index contributed by atoms with van der Waals surface area (Å²) in [7, 11) is -1.80. The van der Waals surface area contributed by atoms with Gasteiger partial charge in [-0.1, -0.05) is 32.0 Å². The highest BCUT2D eigenvalue weighted by atomic mass is 32.2. The lowest BCUT2D eigenvalue weighted by molar-refractivity contribution is 0.0949. The van der Waals surface area contributed by atoms with Crippen LogP contribution in [0, 0.1) is 5.82 Å². The first-order chi connectivity index (χ1) is 13.8. The maximum absolute atomic E-state index is 14.2. The largest absolute Gasteiger partial charge is 0.375 e. The normalized spacial score (nSPS) is 11.5. The average Bonchev–Trinajstić information content (AvgIpc) is 2.72. The summed E-state index contributed by atoms with van der Waals surface area (Å²) in [6, 6.07) is 13.2. The highest BCUT2D eigenvalue weighted by Crippen LogP contribution is 2.19. The molecule has 1 amide bonds. The average molecular weight is 422 g/mol. The predicted octanol–water partition coefficient (Wildman–Crippen LogP) is 3.11. The molecule has 0 aromatic heterocycles. The van der Waals surface area contributed by atoms with E-state index in [2.05, 4.69) is 10.2 Å². The molecule has 0 radical (unpaired) electrons. The number of para-hydroxylation sites is 1. The number of benzene rings is 2. The maximum atomic E-state index is 14.2. The van der Waals surface area contributed by atoms with E-state index >= 15 is 0 Å². The second-order valence-electron chi connectivity index (χ2n) is 6.60. The molecular formula is C21H28FN3O3S. The van der Waals surface area contributed by atoms with Crippen LogP contribution in [0.3, 0.4) is 0 Å². The lowest BCUT2D eigenvalue weighted by Gasteiger charge is -2.19. The highest BCUT2D eigenvalue weighted by molar-refractivity contribution is 7.89. The minimum Gasteiger partial charge on any atom is -0.375 e. The molecule has 0 aliphatic rings. The maximum Gasteiger partial charge on any atom is 0.254 e. The van der Waals surface area contributed by atoms with Crippen molar-refractivity contribution < 1.29 is 17.6 Å². The second kappa shape index (κ2) is 10.4. The third-order valence-corrected chi connectivity index (χ3v) is 6.72. The molecular weight excluding hydrogens is 393 g/mol. The van der Waals surface area contributed by atoms with Crippen LogP contribution in [-0.4, -0.2) is 51.9 Å². The fourth-order valence-electron chi connectivity index (χ4n) is 2.98. The first-order valence-corrected chi connectivity index (χ1v) is 11.1. The van der Waals surface area contributed by atoms with Crippen LogP contribution < -0.4 is 10.2 Å². The molecule has 0 fully saturated rings. The van der Waals surface area contributed by atoms with Gasteiger partial charge in [-0.15, -0.1) is 0 Å². The van der Waals surface area contributed by atoms with Gasteiger partial charge in [0.05, 0.1) is 10.5 Å². The number of halogens is 1. The third-order valence-electron chi connectivity index (χ3n) is 4.68. The van der Waals surface area contributed by atoms with Crippen molar-refractivity contribution in [1.29, 1.82) is 0 Å². The number of hydrogen-bond acceptors (Lipinski definition) is 4. The Labute approximate surface area is 172 Å². The minimum atomic E-state index is -3.76. The Morgan fingerprint density at radius 1 is 1.07 bits per heavy atom. The number of hydrogen-bond donors (Lipinski definition) is 1. The van der Waals surface area contributed by atoms with Crippen molar-refractivity contribution in [2.45, 2.75) is 25.2 Å². The fraction of sp³-hybridized carbons (Fsp3) is 0.381. The molecule has 0 saturated heterocycles. The van der Waals surface area contributed by atoms with Gasteiger partial charge in [0.1, 0.15) is 5.82 Å². The molecule has 6 nitrogen and oxygen atoms in total. The van der Waals surface area contributed by atoms with Crippen LogP contribution >= 0.6 is 0 Å². The molecule has 2 rings (SSSR count). The number of rotatable bonds is 10. The monoisotopic (exact) mass is 421 g/mol. The van der Waals surface area contributed by atoms with Gasteiger partial charge in [-0.05, 0) is 36.8 Å². The summed E-state index contributed by atoms with van der Waals surface area (Å²) in [5.41, 5.74) is 0.800. The van der Waals surface area contributed by atoms with E-state index in [1.807, 2.05) is 37.4 Å². The number of amides is 1. The van der Waals surface area contributed by atoms with E-state index in [0.29, 0.717) is 32.6 Å². The summed E-state index contributed by atoms with van der Waals surface area (Å²) in [5.74, 6) is -1.37. The van der Waals surface area contributed by atoms with Gasteiger partial charge in [-0.25, -0.2) is 12.8 Å². The first kappa shape index (κ1) is 22.8. The standard InChI is InChI=1S/C21H28FN3O3S/c1-4-25(5-2)29(27,28)18-12-13-20(22)19(16-18)21(26)23-14-9-15-24(3)17-10-7-6-8-11-17/h6-8,10-13,16H,4-5,9,14-15H2,1-3H3,(H,23,26). The van der Waals surface area contributed by atoms with E-state index in [-0.39, 0.29) is 10.5 Å². The zero-order chi connectivity index (χ0) is 21.4. The molecule has 0 saturated carbocycles. The molecule has 0 spiro atoms. The summed E-state index contributed by atoms with van der Waals surface area (Å²) in [6.07, 6.45) is 0.663. The molecule has 29 heavy (non-hydrogen) atoms. The fourth-order valence-corrected chi connectivity index (χ4v) is 4.46. The highest BCUT2D eigenvalue weighted by Gasteiger charge is 2.24. The molecule has 2 aromatic rings. The summed E-state index contributed by atoms with van der Waals surface area (Å²) in [4.78, 5) is 14.4. The van der Waals surface area contributed by atoms with Gasteiger partial charge in [0.2, 0.25) is 10.0 Å². The Balaban J connectivity index is 2.00. The number of sulfonamides is 1. The van der Waals surface area contributed by atoms with E-state index in [9.17, 15) is 17.6 Å². The predicted molar refractivity (Wildman–Crippen MR) is 113 cm³/mol. The van der Waals surface area contributed by atoms with Crippen LogP contribution in [0.4, 0.5) is 10.1 Å². The second-order valence-corrected chi connectivity index (χ2v) is 8.54. The number of nitrogens with zero attached hydrogens (tertiary/aromatic N) is 2. The van der Waals surface area contributed by atoms with E-state index < -0.39 is 21.7 Å². The number of carbonyl (C=O) groups is 1. The lowest BCUT2D eigenvalue weighted by atomic mass is 10.2. The number of carbonyl (C=O) groups excluding carboxylic acids is 1. The molecule has 0 aliphatic carbocycles. The van der Waals surface area contributed by atoms with Crippen LogP contribution in [0.1, 0.15) is 30.6 Å². The lowest BCUT2D eigenvalue weighted by Crippen LogP contribution is -2.31. The first-order valence-electron chi connectivity index (χ1n) is 9.65. The van der Waals surface area contributed by atoms with Gasteiger partial charge in [0.15, 0.2) is 0 Å². The van der Waals surface area contributed by atoms with Gasteiger partial charge < -0.3 is 10.2 Å². The van der Waals surface area contributed by atoms with Crippen LogP contribution in [0.25, 0.3) is 0 Å². The van der Waals surface area contributed by atoms with Crippen molar-refractivity contribution >= 4 is 21.6 Å². The van der Waals surface area contributed by atoms with Gasteiger partial charge in [-0.2, -0.15) is 4.31 Å². The molecule has 8 heteroatoms. The Morgan fingerprint density at radius 2 is 1.72 bits per heavy atom. The van der Waals surface area contributed by atoms with Crippen molar-refractivity contribution in [3.8, 4) is 0 Å². The molecule has 0 heterocycles. The van der Waals surface area contributed by atoms with E-state index in [4.69, 9.17) is 0 Å². The molecule has 0 unspecified atom stereocenters. The summed E-state index contributed by atoms with van der Waals surface area (Å²) in [5, 5.41) is 2.67. The number of nitrogens with one attached hydrogen (secondary N) is 1. The van der Waals surface area contributed by atoms with Crippen molar-refractivity contribution in [3.05, 3.63) is 59.9 Å². The van der Waals surface area contributed by atoms with Crippen molar-refractivity contribution in [1.82, 2.24) is 9.62 Å². The van der Waals surface area contributed by atoms with E-state index in [1.54, 1.807) is 13.8 Å². The molecule has 0 bridgehead atoms. The van der Waals surface area contributed by atoms with Crippen molar-refractivity contribution in [2.75, 3.05) is 38.1 Å². The summed E-state index contributed by atoms with van der Waals surface area (Å²) >= 11 is 0. The van der Waals surface area contributed by atoms with Gasteiger partial charge >= 0.3 is 0 Å². The quantitative estimate of drug-likeness (QED) is 0.599. The molecule has 0 atom stereocenters. The molecule has 1 N–H and O–H groups in total. The van der Waals surface area contributed by atoms with E-state index in [1.165, 1.54) is 10.4 Å². The Kier molecular flexibility index (Phi) is 8.16. The van der Waals surface area contributed by atoms with Gasteiger partial charge in [0.25, 0.3) is 5.91 Å². The smallest absolute Gasteiger partial charge is 0.254 e. The molecule has 2 aromatic carbocycles. The third kappa shape index (κ3) is 5.77. The van der Waals surface area contributed by atoms with Crippen LogP contribution in [0.15, 0.2) is 53.4 Å². The molecule has 158 valence electrons. The minimum absolute atomic E-state index is 0.0865. The van der Waals surface area contributed by atoms with E-state index in [0.717, 1.165) is 17.8 Å². The summed E-state index contributed by atoms with van der Waals surface area (Å²) in [6.45, 7) is 5.11. The Bertz CT molecular complexity index is 916. The van der Waals surface area contributed by atoms with Crippen molar-refractivity contribution in [3.63, 3.8) is 0 Å². The van der Waals surface area contributed by atoms with Gasteiger partial charge in [-0.3, -0.25) is 4.79 Å². The Hall–Kier alpha value is -2.45. The number of anilines is 1. The SMILES string of the molecule is CCN(CC)S(=O)(=O)c1ccc(F)c(C(=O)NCCCN(C)c2ccccc2)c1. The van der Waals surface area contributed by atoms with Crippen LogP contribution in [0.2, 0.25) is 0 Å². The van der Waals surface area contributed by atoms with Crippen LogP contribution in [-0.2, 0) is 10.0 Å². The van der Waals surface area contributed by atoms with Crippen molar-refractivity contribution in [2.24, 2.45) is 0 Å².